The molecule has 1 aliphatic carbocycles. The van der Waals surface area contributed by atoms with Gasteiger partial charge in [0.05, 0.1) is 0 Å². The molecule has 16 heavy (non-hydrogen) atoms. The molecule has 0 aromatic heterocycles. The minimum Gasteiger partial charge on any atom is -0.386 e. The quantitative estimate of drug-likeness (QED) is 0.740. The molecule has 0 aliphatic heterocycles. The molecule has 1 aliphatic rings. The van der Waals surface area contributed by atoms with Crippen molar-refractivity contribution in [3.05, 3.63) is 12.7 Å². The Bertz CT molecular complexity index is 258. The van der Waals surface area contributed by atoms with E-state index < -0.39 is 30.1 Å². The molecule has 1 fully saturated rings. The van der Waals surface area contributed by atoms with Gasteiger partial charge in [-0.2, -0.15) is 8.78 Å². The molecule has 0 saturated heterocycles. The van der Waals surface area contributed by atoms with Gasteiger partial charge in [-0.05, 0) is 18.8 Å². The Morgan fingerprint density at radius 2 is 2.00 bits per heavy atom. The molecule has 0 aromatic carbocycles. The van der Waals surface area contributed by atoms with Gasteiger partial charge < -0.3 is 5.11 Å². The molecular weight excluding hydrogens is 214 g/mol. The van der Waals surface area contributed by atoms with Crippen LogP contribution in [-0.2, 0) is 4.79 Å². The SMILES string of the molecule is C=CCC(=O)C(F)(F)C(O)C1CCCCC1. The minimum absolute atomic E-state index is 0.392. The first-order valence-corrected chi connectivity index (χ1v) is 5.70. The van der Waals surface area contributed by atoms with Crippen molar-refractivity contribution in [3.8, 4) is 0 Å². The Kier molecular flexibility index (Phi) is 4.59. The van der Waals surface area contributed by atoms with Gasteiger partial charge >= 0.3 is 5.92 Å². The largest absolute Gasteiger partial charge is 0.386 e. The van der Waals surface area contributed by atoms with Crippen LogP contribution >= 0.6 is 0 Å². The summed E-state index contributed by atoms with van der Waals surface area (Å²) < 4.78 is 27.1. The summed E-state index contributed by atoms with van der Waals surface area (Å²) in [6, 6.07) is 0. The highest BCUT2D eigenvalue weighted by Gasteiger charge is 2.48. The fraction of sp³-hybridized carbons (Fsp3) is 0.750. The first-order chi connectivity index (χ1) is 7.50. The van der Waals surface area contributed by atoms with Crippen molar-refractivity contribution < 1.29 is 18.7 Å². The summed E-state index contributed by atoms with van der Waals surface area (Å²) in [7, 11) is 0. The number of allylic oxidation sites excluding steroid dienone is 1. The Morgan fingerprint density at radius 3 is 2.50 bits per heavy atom. The lowest BCUT2D eigenvalue weighted by atomic mass is 9.82. The van der Waals surface area contributed by atoms with E-state index in [0.29, 0.717) is 12.8 Å². The van der Waals surface area contributed by atoms with Crippen LogP contribution in [0.4, 0.5) is 8.78 Å². The highest BCUT2D eigenvalue weighted by atomic mass is 19.3. The highest BCUT2D eigenvalue weighted by Crippen LogP contribution is 2.34. The maximum Gasteiger partial charge on any atom is 0.331 e. The molecule has 1 unspecified atom stereocenters. The van der Waals surface area contributed by atoms with Crippen LogP contribution in [0.3, 0.4) is 0 Å². The molecule has 1 N–H and O–H groups in total. The number of halogens is 2. The van der Waals surface area contributed by atoms with Crippen molar-refractivity contribution >= 4 is 5.78 Å². The van der Waals surface area contributed by atoms with Crippen molar-refractivity contribution in [1.82, 2.24) is 0 Å². The minimum atomic E-state index is -3.63. The van der Waals surface area contributed by atoms with E-state index in [1.54, 1.807) is 0 Å². The van der Waals surface area contributed by atoms with Crippen LogP contribution in [0.25, 0.3) is 0 Å². The van der Waals surface area contributed by atoms with Crippen molar-refractivity contribution in [1.29, 1.82) is 0 Å². The van der Waals surface area contributed by atoms with Gasteiger partial charge in [0.2, 0.25) is 5.78 Å². The number of aliphatic hydroxyl groups is 1. The number of Topliss-reactive ketones (excluding diaryl/α,β-unsaturated/α-hetero) is 1. The van der Waals surface area contributed by atoms with Gasteiger partial charge in [0.15, 0.2) is 0 Å². The van der Waals surface area contributed by atoms with Gasteiger partial charge in [0.25, 0.3) is 0 Å². The fourth-order valence-electron chi connectivity index (χ4n) is 2.18. The monoisotopic (exact) mass is 232 g/mol. The molecule has 0 bridgehead atoms. The van der Waals surface area contributed by atoms with Crippen LogP contribution in [0, 0.1) is 5.92 Å². The lowest BCUT2D eigenvalue weighted by molar-refractivity contribution is -0.168. The number of aliphatic hydroxyl groups excluding tert-OH is 1. The van der Waals surface area contributed by atoms with E-state index in [1.165, 1.54) is 0 Å². The second-order valence-corrected chi connectivity index (χ2v) is 4.38. The molecular formula is C12H18F2O2. The van der Waals surface area contributed by atoms with E-state index >= 15 is 0 Å². The average Bonchev–Trinajstić information content (AvgIpc) is 2.29. The lowest BCUT2D eigenvalue weighted by Gasteiger charge is -2.31. The van der Waals surface area contributed by atoms with Crippen molar-refractivity contribution in [3.63, 3.8) is 0 Å². The van der Waals surface area contributed by atoms with Gasteiger partial charge in [-0.1, -0.05) is 25.3 Å². The maximum absolute atomic E-state index is 13.5. The first-order valence-electron chi connectivity index (χ1n) is 5.70. The second kappa shape index (κ2) is 5.53. The summed E-state index contributed by atoms with van der Waals surface area (Å²) in [4.78, 5) is 11.2. The predicted octanol–water partition coefficient (Wildman–Crippen LogP) is 2.71. The molecule has 1 rings (SSSR count). The van der Waals surface area contributed by atoms with Crippen molar-refractivity contribution in [2.75, 3.05) is 0 Å². The summed E-state index contributed by atoms with van der Waals surface area (Å²) in [5, 5.41) is 9.59. The van der Waals surface area contributed by atoms with Gasteiger partial charge in [0.1, 0.15) is 6.10 Å². The van der Waals surface area contributed by atoms with Crippen LogP contribution in [0.15, 0.2) is 12.7 Å². The summed E-state index contributed by atoms with van der Waals surface area (Å²) in [6.45, 7) is 3.25. The van der Waals surface area contributed by atoms with E-state index in [9.17, 15) is 18.7 Å². The number of hydrogen-bond donors (Lipinski definition) is 1. The van der Waals surface area contributed by atoms with E-state index in [1.807, 2.05) is 0 Å². The average molecular weight is 232 g/mol. The Labute approximate surface area is 94.3 Å². The second-order valence-electron chi connectivity index (χ2n) is 4.38. The van der Waals surface area contributed by atoms with Crippen LogP contribution in [-0.4, -0.2) is 22.9 Å². The smallest absolute Gasteiger partial charge is 0.331 e. The number of rotatable bonds is 5. The van der Waals surface area contributed by atoms with Crippen LogP contribution in [0.1, 0.15) is 38.5 Å². The molecule has 0 radical (unpaired) electrons. The number of alkyl halides is 2. The highest BCUT2D eigenvalue weighted by molar-refractivity contribution is 5.87. The first kappa shape index (κ1) is 13.3. The molecule has 1 atom stereocenters. The van der Waals surface area contributed by atoms with Gasteiger partial charge in [0, 0.05) is 6.42 Å². The topological polar surface area (TPSA) is 37.3 Å². The summed E-state index contributed by atoms with van der Waals surface area (Å²) >= 11 is 0. The van der Waals surface area contributed by atoms with Gasteiger partial charge in [-0.25, -0.2) is 0 Å². The van der Waals surface area contributed by atoms with E-state index in [4.69, 9.17) is 0 Å². The zero-order valence-electron chi connectivity index (χ0n) is 9.29. The molecule has 0 aromatic rings. The summed E-state index contributed by atoms with van der Waals surface area (Å²) in [5.41, 5.74) is 0. The third-order valence-corrected chi connectivity index (χ3v) is 3.17. The normalized spacial score (nSPS) is 20.4. The Morgan fingerprint density at radius 1 is 1.44 bits per heavy atom. The van der Waals surface area contributed by atoms with Gasteiger partial charge in [-0.3, -0.25) is 4.79 Å². The molecule has 1 saturated carbocycles. The van der Waals surface area contributed by atoms with Crippen LogP contribution in [0.2, 0.25) is 0 Å². The summed E-state index contributed by atoms with van der Waals surface area (Å²) in [6.07, 6.45) is 2.81. The number of carbonyl (C=O) groups excluding carboxylic acids is 1. The predicted molar refractivity (Wildman–Crippen MR) is 57.3 cm³/mol. The molecule has 0 spiro atoms. The molecule has 0 heterocycles. The molecule has 4 heteroatoms. The number of hydrogen-bond acceptors (Lipinski definition) is 2. The zero-order chi connectivity index (χ0) is 12.2. The van der Waals surface area contributed by atoms with Gasteiger partial charge in [-0.15, -0.1) is 6.58 Å². The van der Waals surface area contributed by atoms with Crippen molar-refractivity contribution in [2.45, 2.75) is 50.6 Å². The van der Waals surface area contributed by atoms with Crippen LogP contribution in [0.5, 0.6) is 0 Å². The maximum atomic E-state index is 13.5. The fourth-order valence-corrected chi connectivity index (χ4v) is 2.18. The Balaban J connectivity index is 2.65. The summed E-state index contributed by atoms with van der Waals surface area (Å²) in [5.74, 6) is -5.31. The molecule has 92 valence electrons. The third-order valence-electron chi connectivity index (χ3n) is 3.17. The molecule has 2 nitrogen and oxygen atoms in total. The lowest BCUT2D eigenvalue weighted by Crippen LogP contribution is -2.46. The Hall–Kier alpha value is -0.770. The van der Waals surface area contributed by atoms with E-state index in [0.717, 1.165) is 25.3 Å². The van der Waals surface area contributed by atoms with E-state index in [-0.39, 0.29) is 0 Å². The number of ketones is 1. The van der Waals surface area contributed by atoms with Crippen LogP contribution < -0.4 is 0 Å². The zero-order valence-corrected chi connectivity index (χ0v) is 9.29. The third kappa shape index (κ3) is 2.88. The van der Waals surface area contributed by atoms with E-state index in [2.05, 4.69) is 6.58 Å². The standard InChI is InChI=1S/C12H18F2O2/c1-2-6-10(15)12(13,14)11(16)9-7-4-3-5-8-9/h2,9,11,16H,1,3-8H2. The number of carbonyl (C=O) groups is 1. The van der Waals surface area contributed by atoms with Crippen molar-refractivity contribution in [2.24, 2.45) is 5.92 Å². The molecule has 0 amide bonds.